The molecular formula is C21H25N7O2S. The Balaban J connectivity index is 1.30. The van der Waals surface area contributed by atoms with Gasteiger partial charge in [-0.3, -0.25) is 14.5 Å². The van der Waals surface area contributed by atoms with Gasteiger partial charge in [-0.05, 0) is 30.5 Å². The highest BCUT2D eigenvalue weighted by molar-refractivity contribution is 7.79. The third-order valence-corrected chi connectivity index (χ3v) is 7.20. The first-order valence-corrected chi connectivity index (χ1v) is 11.7. The molecule has 0 spiro atoms. The summed E-state index contributed by atoms with van der Waals surface area (Å²) < 4.78 is 22.1. The first-order chi connectivity index (χ1) is 15.1. The number of nitrogens with zero attached hydrogens (tertiary/aromatic N) is 6. The number of nitrogens with one attached hydrogen (secondary N) is 1. The van der Waals surface area contributed by atoms with Crippen LogP contribution in [0.4, 0.5) is 0 Å². The Hall–Kier alpha value is -2.58. The Morgan fingerprint density at radius 3 is 2.87 bits per heavy atom. The standard InChI is InChI=1S/C21H25N7O2S/c22-6-5-21(13-27(14-21)17-3-9-26(10-4-17)15-31(29)30)28-12-16(11-25-28)18-1-7-23-20-19(18)2-8-24-20/h1-2,7-8,11-12,17H,3-5,9-10,13-15H2,(H,23,24)(H,29,30). The molecule has 5 heterocycles. The summed E-state index contributed by atoms with van der Waals surface area (Å²) in [5.74, 6) is 0.227. The second-order valence-electron chi connectivity index (χ2n) is 8.54. The van der Waals surface area contributed by atoms with Crippen molar-refractivity contribution in [3.8, 4) is 17.2 Å². The number of nitriles is 1. The predicted octanol–water partition coefficient (Wildman–Crippen LogP) is 1.99. The fourth-order valence-corrected chi connectivity index (χ4v) is 5.53. The summed E-state index contributed by atoms with van der Waals surface area (Å²) in [6.07, 6.45) is 9.98. The summed E-state index contributed by atoms with van der Waals surface area (Å²) in [6.45, 7) is 3.26. The van der Waals surface area contributed by atoms with E-state index in [-0.39, 0.29) is 11.4 Å². The molecule has 1 atom stereocenters. The number of H-pyrrole nitrogens is 1. The van der Waals surface area contributed by atoms with Crippen molar-refractivity contribution in [1.82, 2.24) is 29.5 Å². The zero-order valence-corrected chi connectivity index (χ0v) is 18.0. The molecule has 1 unspecified atom stereocenters. The minimum atomic E-state index is -1.77. The van der Waals surface area contributed by atoms with Crippen LogP contribution in [0.25, 0.3) is 22.2 Å². The highest BCUT2D eigenvalue weighted by Gasteiger charge is 2.48. The molecule has 0 aromatic carbocycles. The molecule has 162 valence electrons. The first-order valence-electron chi connectivity index (χ1n) is 10.5. The molecule has 2 saturated heterocycles. The number of aromatic amines is 1. The van der Waals surface area contributed by atoms with E-state index in [1.807, 2.05) is 34.1 Å². The Morgan fingerprint density at radius 2 is 2.13 bits per heavy atom. The van der Waals surface area contributed by atoms with Gasteiger partial charge in [-0.25, -0.2) is 9.19 Å². The van der Waals surface area contributed by atoms with Crippen LogP contribution in [0.3, 0.4) is 0 Å². The number of hydrogen-bond donors (Lipinski definition) is 2. The molecule has 31 heavy (non-hydrogen) atoms. The van der Waals surface area contributed by atoms with Crippen LogP contribution in [0.5, 0.6) is 0 Å². The van der Waals surface area contributed by atoms with Crippen molar-refractivity contribution in [2.45, 2.75) is 30.8 Å². The molecule has 3 aromatic heterocycles. The van der Waals surface area contributed by atoms with E-state index in [0.29, 0.717) is 12.5 Å². The van der Waals surface area contributed by atoms with E-state index in [2.05, 4.69) is 32.2 Å². The molecule has 0 saturated carbocycles. The number of fused-ring (bicyclic) bond motifs is 1. The van der Waals surface area contributed by atoms with Crippen molar-refractivity contribution < 1.29 is 8.76 Å². The Kier molecular flexibility index (Phi) is 5.35. The topological polar surface area (TPSA) is 114 Å². The molecule has 0 aliphatic carbocycles. The first kappa shape index (κ1) is 20.3. The number of hydrogen-bond acceptors (Lipinski definition) is 6. The van der Waals surface area contributed by atoms with Gasteiger partial charge in [0.05, 0.1) is 18.7 Å². The third kappa shape index (κ3) is 3.78. The molecule has 2 fully saturated rings. The normalized spacial score (nSPS) is 21.0. The van der Waals surface area contributed by atoms with E-state index in [1.54, 1.807) is 6.20 Å². The summed E-state index contributed by atoms with van der Waals surface area (Å²) in [6, 6.07) is 6.82. The minimum Gasteiger partial charge on any atom is -0.346 e. The minimum absolute atomic E-state index is 0.227. The summed E-state index contributed by atoms with van der Waals surface area (Å²) >= 11 is -1.77. The molecule has 10 heteroatoms. The molecule has 9 nitrogen and oxygen atoms in total. The number of likely N-dealkylation sites (tertiary alicyclic amines) is 2. The van der Waals surface area contributed by atoms with E-state index < -0.39 is 11.1 Å². The summed E-state index contributed by atoms with van der Waals surface area (Å²) in [5.41, 5.74) is 2.65. The van der Waals surface area contributed by atoms with Gasteiger partial charge in [0.2, 0.25) is 0 Å². The SMILES string of the molecule is N#CCC1(n2cc(-c3ccnc4[nH]ccc34)cn2)CN(C2CCN(CS(=O)O)CC2)C1. The molecule has 3 aromatic rings. The maximum atomic E-state index is 11.0. The molecular weight excluding hydrogens is 414 g/mol. The zero-order chi connectivity index (χ0) is 21.4. The summed E-state index contributed by atoms with van der Waals surface area (Å²) in [4.78, 5) is 12.0. The second kappa shape index (κ2) is 8.16. The van der Waals surface area contributed by atoms with E-state index in [9.17, 15) is 9.47 Å². The van der Waals surface area contributed by atoms with E-state index in [0.717, 1.165) is 61.2 Å². The van der Waals surface area contributed by atoms with Crippen molar-refractivity contribution in [3.63, 3.8) is 0 Å². The fraction of sp³-hybridized carbons (Fsp3) is 0.476. The Labute approximate surface area is 182 Å². The van der Waals surface area contributed by atoms with Crippen molar-refractivity contribution in [3.05, 3.63) is 36.9 Å². The number of pyridine rings is 1. The van der Waals surface area contributed by atoms with Crippen LogP contribution >= 0.6 is 0 Å². The average Bonchev–Trinajstić information content (AvgIpc) is 3.40. The maximum Gasteiger partial charge on any atom is 0.167 e. The molecule has 0 amide bonds. The van der Waals surface area contributed by atoms with Gasteiger partial charge in [0.1, 0.15) is 17.1 Å². The van der Waals surface area contributed by atoms with E-state index in [1.165, 1.54) is 0 Å². The molecule has 2 N–H and O–H groups in total. The van der Waals surface area contributed by atoms with Crippen molar-refractivity contribution in [2.24, 2.45) is 0 Å². The van der Waals surface area contributed by atoms with Gasteiger partial charge in [-0.15, -0.1) is 0 Å². The Morgan fingerprint density at radius 1 is 1.32 bits per heavy atom. The van der Waals surface area contributed by atoms with Gasteiger partial charge < -0.3 is 9.54 Å². The smallest absolute Gasteiger partial charge is 0.167 e. The van der Waals surface area contributed by atoms with E-state index in [4.69, 9.17) is 4.55 Å². The molecule has 5 rings (SSSR count). The quantitative estimate of drug-likeness (QED) is 0.565. The lowest BCUT2D eigenvalue weighted by Gasteiger charge is -2.53. The Bertz CT molecular complexity index is 1140. The average molecular weight is 440 g/mol. The van der Waals surface area contributed by atoms with Crippen molar-refractivity contribution >= 4 is 22.1 Å². The van der Waals surface area contributed by atoms with Crippen LogP contribution in [-0.4, -0.2) is 76.4 Å². The number of piperidine rings is 1. The highest BCUT2D eigenvalue weighted by atomic mass is 32.2. The monoisotopic (exact) mass is 439 g/mol. The van der Waals surface area contributed by atoms with Crippen LogP contribution in [0.2, 0.25) is 0 Å². The van der Waals surface area contributed by atoms with Crippen molar-refractivity contribution in [1.29, 1.82) is 5.26 Å². The molecule has 2 aliphatic rings. The lowest BCUT2D eigenvalue weighted by Crippen LogP contribution is -2.66. The highest BCUT2D eigenvalue weighted by Crippen LogP contribution is 2.37. The predicted molar refractivity (Wildman–Crippen MR) is 117 cm³/mol. The number of aromatic nitrogens is 4. The lowest BCUT2D eigenvalue weighted by atomic mass is 9.84. The van der Waals surface area contributed by atoms with Crippen molar-refractivity contribution in [2.75, 3.05) is 32.1 Å². The lowest BCUT2D eigenvalue weighted by molar-refractivity contribution is -0.0418. The van der Waals surface area contributed by atoms with Gasteiger partial charge in [-0.1, -0.05) is 0 Å². The zero-order valence-electron chi connectivity index (χ0n) is 17.1. The van der Waals surface area contributed by atoms with Crippen LogP contribution in [0.15, 0.2) is 36.9 Å². The maximum absolute atomic E-state index is 11.0. The molecule has 0 bridgehead atoms. The fourth-order valence-electron chi connectivity index (χ4n) is 4.96. The van der Waals surface area contributed by atoms with Gasteiger partial charge in [0.25, 0.3) is 0 Å². The van der Waals surface area contributed by atoms with Gasteiger partial charge in [0, 0.05) is 61.8 Å². The third-order valence-electron chi connectivity index (χ3n) is 6.61. The summed E-state index contributed by atoms with van der Waals surface area (Å²) in [5, 5.41) is 15.2. The second-order valence-corrected chi connectivity index (χ2v) is 9.44. The molecule has 0 radical (unpaired) electrons. The van der Waals surface area contributed by atoms with Crippen LogP contribution in [-0.2, 0) is 16.6 Å². The van der Waals surface area contributed by atoms with Crippen LogP contribution in [0, 0.1) is 11.3 Å². The van der Waals surface area contributed by atoms with E-state index >= 15 is 0 Å². The van der Waals surface area contributed by atoms with Gasteiger partial charge in [0.15, 0.2) is 11.1 Å². The number of rotatable bonds is 6. The van der Waals surface area contributed by atoms with Crippen LogP contribution in [0.1, 0.15) is 19.3 Å². The van der Waals surface area contributed by atoms with Gasteiger partial charge in [-0.2, -0.15) is 10.4 Å². The largest absolute Gasteiger partial charge is 0.346 e. The van der Waals surface area contributed by atoms with Gasteiger partial charge >= 0.3 is 0 Å². The molecule has 2 aliphatic heterocycles. The van der Waals surface area contributed by atoms with Crippen LogP contribution < -0.4 is 0 Å². The summed E-state index contributed by atoms with van der Waals surface area (Å²) in [7, 11) is 0.